The molecular formula is C58H99N13O13. The summed E-state index contributed by atoms with van der Waals surface area (Å²) in [5.41, 5.74) is 30.1. The lowest BCUT2D eigenvalue weighted by atomic mass is 9.88. The number of benzene rings is 1. The summed E-state index contributed by atoms with van der Waals surface area (Å²) in [6.07, 6.45) is -2.30. The lowest BCUT2D eigenvalue weighted by molar-refractivity contribution is -0.137. The van der Waals surface area contributed by atoms with Crippen molar-refractivity contribution in [3.05, 3.63) is 35.9 Å². The highest BCUT2D eigenvalue weighted by Gasteiger charge is 2.38. The number of nitrogens with one attached hydrogen (secondary N) is 8. The highest BCUT2D eigenvalue weighted by atomic mass is 16.3. The predicted octanol–water partition coefficient (Wildman–Crippen LogP) is -2.36. The lowest BCUT2D eigenvalue weighted by Crippen LogP contribution is -2.61. The summed E-state index contributed by atoms with van der Waals surface area (Å²) in [4.78, 5) is 154. The monoisotopic (exact) mass is 1190 g/mol. The molecule has 2 rings (SSSR count). The van der Waals surface area contributed by atoms with Crippen molar-refractivity contribution in [2.75, 3.05) is 39.3 Å². The van der Waals surface area contributed by atoms with Gasteiger partial charge in [0.1, 0.15) is 36.0 Å². The fourth-order valence-corrected chi connectivity index (χ4v) is 9.80. The van der Waals surface area contributed by atoms with E-state index in [1.54, 1.807) is 30.3 Å². The fraction of sp³-hybridized carbons (Fsp3) is 0.707. The Morgan fingerprint density at radius 3 is 1.70 bits per heavy atom. The molecule has 26 heteroatoms. The van der Waals surface area contributed by atoms with Crippen LogP contribution < -0.4 is 71.2 Å². The average Bonchev–Trinajstić information content (AvgIpc) is 3.63. The topological polar surface area (TPSA) is 455 Å². The molecule has 1 aliphatic heterocycles. The van der Waals surface area contributed by atoms with Gasteiger partial charge in [0.15, 0.2) is 11.6 Å². The van der Waals surface area contributed by atoms with E-state index in [0.29, 0.717) is 17.9 Å². The molecule has 1 aromatic carbocycles. The number of amides is 8. The maximum absolute atomic E-state index is 14.6. The van der Waals surface area contributed by atoms with Crippen LogP contribution in [0, 0.1) is 29.6 Å². The van der Waals surface area contributed by atoms with Gasteiger partial charge in [-0.05, 0) is 122 Å². The van der Waals surface area contributed by atoms with Crippen LogP contribution in [0.1, 0.15) is 137 Å². The van der Waals surface area contributed by atoms with Crippen LogP contribution in [0.15, 0.2) is 30.3 Å². The maximum atomic E-state index is 14.6. The van der Waals surface area contributed by atoms with Crippen LogP contribution >= 0.6 is 0 Å². The van der Waals surface area contributed by atoms with Gasteiger partial charge in [-0.15, -0.1) is 0 Å². The van der Waals surface area contributed by atoms with E-state index < -0.39 is 157 Å². The van der Waals surface area contributed by atoms with E-state index in [0.717, 1.165) is 12.8 Å². The number of carbonyl (C=O) groups is 11. The van der Waals surface area contributed by atoms with Crippen LogP contribution in [0.4, 0.5) is 0 Å². The van der Waals surface area contributed by atoms with E-state index in [1.807, 2.05) is 13.8 Å². The molecule has 1 fully saturated rings. The Hall–Kier alpha value is -6.29. The van der Waals surface area contributed by atoms with Crippen molar-refractivity contribution < 1.29 is 63.0 Å². The Kier molecular flexibility index (Phi) is 34.6. The standard InChI is InChI=1S/C58H99N13O13/c1-33(2)12-10-11-15-40(74)30-38(16-22-59)51(77)71-50(36(6)73)58(84)69-45(20-26-63)55(81)68-46-21-27-64-53(79)41(35(5)72)32-49(76)42(17-23-60)65-54(80)43(18-24-61)66-52(78)39(28-34(3)4)31-48(75)47(29-37-13-8-7-9-14-37)70-56(82)44(19-25-62)67-57(46)83/h7-9,13-14,33-36,38-39,41-47,50,72-73H,10-12,15-32,59-63H2,1-6H3,(H,64,79)(H,65,80)(H,66,78)(H,67,83)(H,68,81)(H,69,84)(H,70,82)(H,71,77)/t35-,36+,38-,39+,41+,42-,43-,44+,45-,46?,47+,50-/m0/s1. The first kappa shape index (κ1) is 73.8. The number of aliphatic hydroxyl groups is 2. The van der Waals surface area contributed by atoms with Gasteiger partial charge in [0.05, 0.1) is 30.2 Å². The van der Waals surface area contributed by atoms with Gasteiger partial charge in [-0.2, -0.15) is 0 Å². The molecule has 1 saturated heterocycles. The van der Waals surface area contributed by atoms with E-state index in [-0.39, 0.29) is 102 Å². The molecule has 26 nitrogen and oxygen atoms in total. The minimum absolute atomic E-state index is 0.0433. The first-order valence-corrected chi connectivity index (χ1v) is 29.7. The zero-order chi connectivity index (χ0) is 63.1. The zero-order valence-corrected chi connectivity index (χ0v) is 50.1. The summed E-state index contributed by atoms with van der Waals surface area (Å²) in [6.45, 7) is 9.42. The number of carbonyl (C=O) groups excluding carboxylic acids is 11. The third-order valence-electron chi connectivity index (χ3n) is 14.6. The summed E-state index contributed by atoms with van der Waals surface area (Å²) >= 11 is 0. The Bertz CT molecular complexity index is 2290. The van der Waals surface area contributed by atoms with Crippen molar-refractivity contribution >= 4 is 64.6 Å². The van der Waals surface area contributed by atoms with Crippen LogP contribution in [-0.4, -0.2) is 169 Å². The summed E-state index contributed by atoms with van der Waals surface area (Å²) < 4.78 is 0. The van der Waals surface area contributed by atoms with E-state index in [2.05, 4.69) is 56.4 Å². The third kappa shape index (κ3) is 26.7. The zero-order valence-electron chi connectivity index (χ0n) is 50.1. The normalized spacial score (nSPS) is 22.9. The van der Waals surface area contributed by atoms with Gasteiger partial charge in [0.25, 0.3) is 0 Å². The molecule has 0 saturated carbocycles. The molecule has 0 aliphatic carbocycles. The molecule has 84 heavy (non-hydrogen) atoms. The van der Waals surface area contributed by atoms with Crippen LogP contribution in [0.3, 0.4) is 0 Å². The molecule has 1 heterocycles. The molecule has 1 aliphatic rings. The van der Waals surface area contributed by atoms with Gasteiger partial charge in [0, 0.05) is 44.1 Å². The molecule has 0 bridgehead atoms. The van der Waals surface area contributed by atoms with Crippen molar-refractivity contribution in [3.8, 4) is 0 Å². The van der Waals surface area contributed by atoms with Crippen molar-refractivity contribution in [1.82, 2.24) is 42.5 Å². The van der Waals surface area contributed by atoms with Gasteiger partial charge in [-0.3, -0.25) is 52.7 Å². The minimum Gasteiger partial charge on any atom is -0.393 e. The average molecular weight is 1190 g/mol. The van der Waals surface area contributed by atoms with Crippen LogP contribution in [-0.2, 0) is 59.2 Å². The SMILES string of the molecule is CC(C)CCCCC(=O)C[C@H](CCN)C(=O)N[C@H](C(=O)N[C@@H](CCN)C(=O)NC1CCNC(=O)[C@@H]([C@H](C)O)CC(=O)[C@H](CCN)NC(=O)[C@H](CCN)NC(=O)[C@H](CC(C)C)CC(=O)[C@@H](Cc2ccccc2)NC(=O)[C@@H](CCN)NC1=O)[C@@H](C)O. The van der Waals surface area contributed by atoms with Gasteiger partial charge in [0.2, 0.25) is 47.3 Å². The Labute approximate surface area is 494 Å². The number of rotatable bonds is 29. The number of hydrogen-bond donors (Lipinski definition) is 15. The molecule has 12 atom stereocenters. The summed E-state index contributed by atoms with van der Waals surface area (Å²) in [5.74, 6) is -11.4. The van der Waals surface area contributed by atoms with E-state index in [4.69, 9.17) is 28.7 Å². The first-order chi connectivity index (χ1) is 39.8. The van der Waals surface area contributed by atoms with Crippen LogP contribution in [0.2, 0.25) is 0 Å². The molecule has 20 N–H and O–H groups in total. The smallest absolute Gasteiger partial charge is 0.245 e. The van der Waals surface area contributed by atoms with Crippen molar-refractivity contribution in [2.45, 2.75) is 192 Å². The Morgan fingerprint density at radius 1 is 0.595 bits per heavy atom. The Morgan fingerprint density at radius 2 is 1.15 bits per heavy atom. The molecule has 8 amide bonds. The Balaban J connectivity index is 2.69. The van der Waals surface area contributed by atoms with E-state index in [1.165, 1.54) is 13.8 Å². The van der Waals surface area contributed by atoms with Gasteiger partial charge in [-0.25, -0.2) is 0 Å². The second-order valence-electron chi connectivity index (χ2n) is 22.8. The number of ketones is 3. The van der Waals surface area contributed by atoms with Gasteiger partial charge in [-0.1, -0.05) is 70.9 Å². The summed E-state index contributed by atoms with van der Waals surface area (Å²) in [6, 6.07) is -1.43. The molecule has 0 aromatic heterocycles. The van der Waals surface area contributed by atoms with Crippen molar-refractivity contribution in [3.63, 3.8) is 0 Å². The first-order valence-electron chi connectivity index (χ1n) is 29.7. The largest absolute Gasteiger partial charge is 0.393 e. The molecule has 0 spiro atoms. The highest BCUT2D eigenvalue weighted by molar-refractivity contribution is 5.99. The number of aliphatic hydroxyl groups excluding tert-OH is 2. The second-order valence-corrected chi connectivity index (χ2v) is 22.8. The second kappa shape index (κ2) is 39.3. The highest BCUT2D eigenvalue weighted by Crippen LogP contribution is 2.21. The summed E-state index contributed by atoms with van der Waals surface area (Å²) in [7, 11) is 0. The third-order valence-corrected chi connectivity index (χ3v) is 14.6. The predicted molar refractivity (Wildman–Crippen MR) is 315 cm³/mol. The van der Waals surface area contributed by atoms with Gasteiger partial charge < -0.3 is 81.4 Å². The van der Waals surface area contributed by atoms with E-state index >= 15 is 0 Å². The van der Waals surface area contributed by atoms with Crippen LogP contribution in [0.5, 0.6) is 0 Å². The number of unbranched alkanes of at least 4 members (excludes halogenated alkanes) is 1. The summed E-state index contributed by atoms with van der Waals surface area (Å²) in [5, 5.41) is 42.5. The number of hydrogen-bond acceptors (Lipinski definition) is 18. The van der Waals surface area contributed by atoms with Crippen LogP contribution in [0.25, 0.3) is 0 Å². The quantitative estimate of drug-likeness (QED) is 0.0373. The van der Waals surface area contributed by atoms with E-state index in [9.17, 15) is 63.0 Å². The maximum Gasteiger partial charge on any atom is 0.245 e. The molecular weight excluding hydrogens is 1090 g/mol. The van der Waals surface area contributed by atoms with Crippen molar-refractivity contribution in [2.24, 2.45) is 58.3 Å². The lowest BCUT2D eigenvalue weighted by Gasteiger charge is -2.28. The molecule has 1 aromatic rings. The fourth-order valence-electron chi connectivity index (χ4n) is 9.80. The van der Waals surface area contributed by atoms with Crippen molar-refractivity contribution in [1.29, 1.82) is 0 Å². The number of nitrogens with two attached hydrogens (primary N) is 5. The number of Topliss-reactive ketones (excluding diaryl/α,β-unsaturated/α-hetero) is 3. The molecule has 474 valence electrons. The molecule has 1 unspecified atom stereocenters. The van der Waals surface area contributed by atoms with Gasteiger partial charge >= 0.3 is 0 Å². The minimum atomic E-state index is -1.65. The molecule has 0 radical (unpaired) electrons.